The van der Waals surface area contributed by atoms with E-state index in [-0.39, 0.29) is 11.1 Å². The molecule has 2 amide bonds. The van der Waals surface area contributed by atoms with Crippen LogP contribution < -0.4 is 10.1 Å². The molecular weight excluding hydrogens is 357 g/mol. The van der Waals surface area contributed by atoms with Gasteiger partial charge in [-0.1, -0.05) is 26.0 Å². The lowest BCUT2D eigenvalue weighted by atomic mass is 9.84. The van der Waals surface area contributed by atoms with Crippen LogP contribution in [0.4, 0.5) is 14.9 Å². The predicted molar refractivity (Wildman–Crippen MR) is 108 cm³/mol. The lowest BCUT2D eigenvalue weighted by Gasteiger charge is -2.24. The van der Waals surface area contributed by atoms with Crippen molar-refractivity contribution in [3.63, 3.8) is 0 Å². The van der Waals surface area contributed by atoms with Crippen LogP contribution in [0.3, 0.4) is 0 Å². The number of aryl methyl sites for hydroxylation is 1. The standard InChI is InChI=1S/C22H22FN3O2/c1-14-10-20-16(22(2,3)13-28-20)11-15(14)19-12-26(9-8-24-19)21(27)25-18-7-5-4-6-17(18)23/h4-11H,12-13H2,1-3H3,(H,25,27). The highest BCUT2D eigenvalue weighted by atomic mass is 19.1. The minimum Gasteiger partial charge on any atom is -0.492 e. The van der Waals surface area contributed by atoms with Crippen LogP contribution in [0.2, 0.25) is 0 Å². The number of carbonyl (C=O) groups excluding carboxylic acids is 1. The van der Waals surface area contributed by atoms with Crippen molar-refractivity contribution < 1.29 is 13.9 Å². The summed E-state index contributed by atoms with van der Waals surface area (Å²) >= 11 is 0. The highest BCUT2D eigenvalue weighted by Gasteiger charge is 2.33. The van der Waals surface area contributed by atoms with Crippen molar-refractivity contribution in [2.75, 3.05) is 18.5 Å². The second kappa shape index (κ2) is 6.78. The van der Waals surface area contributed by atoms with Gasteiger partial charge in [0.2, 0.25) is 0 Å². The maximum Gasteiger partial charge on any atom is 0.326 e. The number of ether oxygens (including phenoxy) is 1. The average molecular weight is 379 g/mol. The van der Waals surface area contributed by atoms with Crippen molar-refractivity contribution in [2.24, 2.45) is 4.99 Å². The maximum absolute atomic E-state index is 13.8. The fraction of sp³-hybridized carbons (Fsp3) is 0.273. The van der Waals surface area contributed by atoms with Gasteiger partial charge in [0.15, 0.2) is 0 Å². The zero-order valence-electron chi connectivity index (χ0n) is 16.1. The molecule has 0 fully saturated rings. The second-order valence-electron chi connectivity index (χ2n) is 7.75. The van der Waals surface area contributed by atoms with Crippen LogP contribution in [0.15, 0.2) is 53.8 Å². The summed E-state index contributed by atoms with van der Waals surface area (Å²) in [5.41, 5.74) is 4.05. The molecule has 0 spiro atoms. The van der Waals surface area contributed by atoms with Gasteiger partial charge in [-0.15, -0.1) is 0 Å². The van der Waals surface area contributed by atoms with Crippen LogP contribution in [-0.2, 0) is 5.41 Å². The summed E-state index contributed by atoms with van der Waals surface area (Å²) in [5, 5.41) is 2.61. The van der Waals surface area contributed by atoms with Gasteiger partial charge in [-0.25, -0.2) is 9.18 Å². The number of nitrogens with one attached hydrogen (secondary N) is 1. The summed E-state index contributed by atoms with van der Waals surface area (Å²) in [4.78, 5) is 18.6. The molecule has 2 aliphatic heterocycles. The van der Waals surface area contributed by atoms with Crippen molar-refractivity contribution >= 4 is 17.4 Å². The van der Waals surface area contributed by atoms with Crippen molar-refractivity contribution in [3.8, 4) is 5.75 Å². The molecule has 2 aromatic carbocycles. The van der Waals surface area contributed by atoms with E-state index >= 15 is 0 Å². The zero-order valence-corrected chi connectivity index (χ0v) is 16.1. The number of anilines is 1. The minimum atomic E-state index is -0.470. The van der Waals surface area contributed by atoms with E-state index in [1.807, 2.05) is 13.0 Å². The number of rotatable bonds is 2. The second-order valence-corrected chi connectivity index (χ2v) is 7.75. The Morgan fingerprint density at radius 3 is 2.86 bits per heavy atom. The Bertz CT molecular complexity index is 1010. The third-order valence-corrected chi connectivity index (χ3v) is 5.13. The van der Waals surface area contributed by atoms with Gasteiger partial charge in [0.05, 0.1) is 24.6 Å². The van der Waals surface area contributed by atoms with Gasteiger partial charge in [0, 0.05) is 28.9 Å². The molecule has 0 unspecified atom stereocenters. The fourth-order valence-corrected chi connectivity index (χ4v) is 3.48. The van der Waals surface area contributed by atoms with E-state index in [1.54, 1.807) is 24.5 Å². The molecule has 0 saturated carbocycles. The molecule has 0 radical (unpaired) electrons. The van der Waals surface area contributed by atoms with Crippen LogP contribution >= 0.6 is 0 Å². The number of halogens is 1. The number of para-hydroxylation sites is 1. The predicted octanol–water partition coefficient (Wildman–Crippen LogP) is 4.61. The number of aliphatic imine (C=N–C) groups is 1. The van der Waals surface area contributed by atoms with E-state index < -0.39 is 11.8 Å². The first-order valence-electron chi connectivity index (χ1n) is 9.19. The van der Waals surface area contributed by atoms with Gasteiger partial charge < -0.3 is 10.1 Å². The van der Waals surface area contributed by atoms with E-state index in [0.717, 1.165) is 28.2 Å². The molecule has 2 heterocycles. The molecule has 4 rings (SSSR count). The first-order valence-corrected chi connectivity index (χ1v) is 9.19. The first kappa shape index (κ1) is 18.2. The lowest BCUT2D eigenvalue weighted by Crippen LogP contribution is -2.37. The van der Waals surface area contributed by atoms with Gasteiger partial charge >= 0.3 is 6.03 Å². The molecule has 144 valence electrons. The Morgan fingerprint density at radius 2 is 2.07 bits per heavy atom. The Hall–Kier alpha value is -3.15. The SMILES string of the molecule is Cc1cc2c(cc1C1=NC=CN(C(=O)Nc3ccccc3F)C1)C(C)(C)CO2. The Labute approximate surface area is 163 Å². The molecule has 2 aromatic rings. The molecule has 1 N–H and O–H groups in total. The number of hydrogen-bond acceptors (Lipinski definition) is 3. The van der Waals surface area contributed by atoms with E-state index in [2.05, 4.69) is 30.2 Å². The van der Waals surface area contributed by atoms with Crippen molar-refractivity contribution in [3.05, 3.63) is 71.3 Å². The van der Waals surface area contributed by atoms with Crippen molar-refractivity contribution in [1.82, 2.24) is 4.90 Å². The van der Waals surface area contributed by atoms with Gasteiger partial charge in [-0.3, -0.25) is 9.89 Å². The van der Waals surface area contributed by atoms with E-state index in [0.29, 0.717) is 13.2 Å². The third kappa shape index (κ3) is 3.26. The highest BCUT2D eigenvalue weighted by Crippen LogP contribution is 2.40. The van der Waals surface area contributed by atoms with Crippen molar-refractivity contribution in [2.45, 2.75) is 26.2 Å². The summed E-state index contributed by atoms with van der Waals surface area (Å²) in [6, 6.07) is 9.84. The van der Waals surface area contributed by atoms with Crippen molar-refractivity contribution in [1.29, 1.82) is 0 Å². The summed E-state index contributed by atoms with van der Waals surface area (Å²) < 4.78 is 19.6. The van der Waals surface area contributed by atoms with Gasteiger partial charge in [-0.2, -0.15) is 0 Å². The number of nitrogens with zero attached hydrogens (tertiary/aromatic N) is 2. The van der Waals surface area contributed by atoms with Crippen LogP contribution in [0.5, 0.6) is 5.75 Å². The average Bonchev–Trinajstić information content (AvgIpc) is 2.97. The summed E-state index contributed by atoms with van der Waals surface area (Å²) in [7, 11) is 0. The summed E-state index contributed by atoms with van der Waals surface area (Å²) in [6.07, 6.45) is 3.18. The molecule has 5 nitrogen and oxygen atoms in total. The fourth-order valence-electron chi connectivity index (χ4n) is 3.48. The number of fused-ring (bicyclic) bond motifs is 1. The largest absolute Gasteiger partial charge is 0.492 e. The molecule has 0 aliphatic carbocycles. The molecule has 6 heteroatoms. The number of hydrogen-bond donors (Lipinski definition) is 1. The van der Waals surface area contributed by atoms with Gasteiger partial charge in [0.25, 0.3) is 0 Å². The summed E-state index contributed by atoms with van der Waals surface area (Å²) in [6.45, 7) is 7.25. The maximum atomic E-state index is 13.8. The van der Waals surface area contributed by atoms with Crippen LogP contribution in [0, 0.1) is 12.7 Å². The highest BCUT2D eigenvalue weighted by molar-refractivity contribution is 6.06. The minimum absolute atomic E-state index is 0.0647. The van der Waals surface area contributed by atoms with Crippen LogP contribution in [0.25, 0.3) is 0 Å². The Morgan fingerprint density at radius 1 is 1.29 bits per heavy atom. The molecule has 0 saturated heterocycles. The Balaban J connectivity index is 1.57. The van der Waals surface area contributed by atoms with Crippen LogP contribution in [0.1, 0.15) is 30.5 Å². The van der Waals surface area contributed by atoms with Gasteiger partial charge in [-0.05, 0) is 36.8 Å². The number of benzene rings is 2. The van der Waals surface area contributed by atoms with E-state index in [1.165, 1.54) is 17.0 Å². The lowest BCUT2D eigenvalue weighted by molar-refractivity contribution is 0.232. The molecule has 0 aromatic heterocycles. The van der Waals surface area contributed by atoms with Crippen LogP contribution in [-0.4, -0.2) is 29.8 Å². The van der Waals surface area contributed by atoms with Gasteiger partial charge in [0.1, 0.15) is 11.6 Å². The molecular formula is C22H22FN3O2. The zero-order chi connectivity index (χ0) is 19.9. The number of amides is 2. The van der Waals surface area contributed by atoms with E-state index in [4.69, 9.17) is 4.74 Å². The first-order chi connectivity index (χ1) is 13.3. The normalized spacial score (nSPS) is 17.0. The topological polar surface area (TPSA) is 53.9 Å². The quantitative estimate of drug-likeness (QED) is 0.828. The molecule has 2 aliphatic rings. The summed E-state index contributed by atoms with van der Waals surface area (Å²) in [5.74, 6) is 0.440. The molecule has 28 heavy (non-hydrogen) atoms. The molecule has 0 atom stereocenters. The monoisotopic (exact) mass is 379 g/mol. The van der Waals surface area contributed by atoms with E-state index in [9.17, 15) is 9.18 Å². The molecule has 0 bridgehead atoms. The Kier molecular flexibility index (Phi) is 4.41. The smallest absolute Gasteiger partial charge is 0.326 e. The third-order valence-electron chi connectivity index (χ3n) is 5.13. The number of carbonyl (C=O) groups is 1. The number of urea groups is 1.